The number of aryl methyl sites for hydroxylation is 1. The monoisotopic (exact) mass is 249 g/mol. The van der Waals surface area contributed by atoms with Crippen LogP contribution in [0.2, 0.25) is 0 Å². The second kappa shape index (κ2) is 6.93. The Kier molecular flexibility index (Phi) is 5.24. The number of nitrogens with one attached hydrogen (secondary N) is 1. The Hall–Kier alpha value is -0.830. The molecule has 0 saturated heterocycles. The Morgan fingerprint density at radius 3 is 2.78 bits per heavy atom. The maximum atomic E-state index is 4.55. The topological polar surface area (TPSA) is 29.9 Å². The Bertz CT molecular complexity index is 339. The van der Waals surface area contributed by atoms with Gasteiger partial charge in [0, 0.05) is 13.2 Å². The number of rotatable bonds is 6. The molecule has 3 nitrogen and oxygen atoms in total. The summed E-state index contributed by atoms with van der Waals surface area (Å²) in [7, 11) is 1.99. The van der Waals surface area contributed by atoms with E-state index < -0.39 is 0 Å². The molecule has 0 aromatic carbocycles. The summed E-state index contributed by atoms with van der Waals surface area (Å²) >= 11 is 0. The summed E-state index contributed by atoms with van der Waals surface area (Å²) in [5.74, 6) is 0.962. The van der Waals surface area contributed by atoms with E-state index in [4.69, 9.17) is 0 Å². The molecule has 0 aliphatic heterocycles. The maximum Gasteiger partial charge on any atom is 0.0793 e. The summed E-state index contributed by atoms with van der Waals surface area (Å²) in [5.41, 5.74) is 1.20. The molecule has 1 aliphatic carbocycles. The van der Waals surface area contributed by atoms with Crippen LogP contribution in [-0.2, 0) is 7.05 Å². The molecule has 1 atom stereocenters. The van der Waals surface area contributed by atoms with Crippen LogP contribution in [0.5, 0.6) is 0 Å². The van der Waals surface area contributed by atoms with Crippen molar-refractivity contribution < 1.29 is 0 Å². The van der Waals surface area contributed by atoms with Gasteiger partial charge in [-0.05, 0) is 31.4 Å². The molecule has 1 aromatic rings. The Balaban J connectivity index is 1.85. The highest BCUT2D eigenvalue weighted by Gasteiger charge is 2.18. The smallest absolute Gasteiger partial charge is 0.0793 e. The molecule has 0 spiro atoms. The second-order valence-corrected chi connectivity index (χ2v) is 5.61. The summed E-state index contributed by atoms with van der Waals surface area (Å²) in [6.07, 6.45) is 11.9. The first-order chi connectivity index (χ1) is 8.79. The van der Waals surface area contributed by atoms with Gasteiger partial charge in [0.1, 0.15) is 0 Å². The quantitative estimate of drug-likeness (QED) is 0.837. The lowest BCUT2D eigenvalue weighted by Crippen LogP contribution is -2.22. The van der Waals surface area contributed by atoms with Gasteiger partial charge in [-0.3, -0.25) is 4.68 Å². The zero-order valence-corrected chi connectivity index (χ0v) is 11.9. The van der Waals surface area contributed by atoms with Gasteiger partial charge in [0.05, 0.1) is 11.7 Å². The van der Waals surface area contributed by atoms with Crippen molar-refractivity contribution in [1.29, 1.82) is 0 Å². The van der Waals surface area contributed by atoms with Crippen molar-refractivity contribution in [3.63, 3.8) is 0 Å². The van der Waals surface area contributed by atoms with Crippen LogP contribution >= 0.6 is 0 Å². The Labute approximate surface area is 111 Å². The Morgan fingerprint density at radius 1 is 1.39 bits per heavy atom. The molecule has 1 aromatic heterocycles. The number of hydrogen-bond acceptors (Lipinski definition) is 2. The summed E-state index contributed by atoms with van der Waals surface area (Å²) in [5, 5.41) is 8.12. The summed E-state index contributed by atoms with van der Waals surface area (Å²) < 4.78 is 1.90. The van der Waals surface area contributed by atoms with Gasteiger partial charge in [-0.1, -0.05) is 39.0 Å². The fraction of sp³-hybridized carbons (Fsp3) is 0.800. The standard InChI is InChI=1S/C15H27N3/c1-3-16-14(15-11-12-18(2)17-15)10-9-13-7-5-4-6-8-13/h11-14,16H,3-10H2,1-2H3. The van der Waals surface area contributed by atoms with Gasteiger partial charge >= 0.3 is 0 Å². The lowest BCUT2D eigenvalue weighted by atomic mass is 9.85. The highest BCUT2D eigenvalue weighted by Crippen LogP contribution is 2.29. The van der Waals surface area contributed by atoms with E-state index in [-0.39, 0.29) is 0 Å². The predicted molar refractivity (Wildman–Crippen MR) is 75.4 cm³/mol. The molecule has 1 unspecified atom stereocenters. The number of aromatic nitrogens is 2. The molecule has 1 aliphatic rings. The van der Waals surface area contributed by atoms with Crippen molar-refractivity contribution in [2.75, 3.05) is 6.54 Å². The van der Waals surface area contributed by atoms with Gasteiger partial charge in [0.2, 0.25) is 0 Å². The van der Waals surface area contributed by atoms with Crippen molar-refractivity contribution in [3.05, 3.63) is 18.0 Å². The summed E-state index contributed by atoms with van der Waals surface area (Å²) in [4.78, 5) is 0. The van der Waals surface area contributed by atoms with Crippen LogP contribution in [0.25, 0.3) is 0 Å². The van der Waals surface area contributed by atoms with Crippen molar-refractivity contribution in [2.24, 2.45) is 13.0 Å². The largest absolute Gasteiger partial charge is 0.309 e. The lowest BCUT2D eigenvalue weighted by molar-refractivity contribution is 0.313. The lowest BCUT2D eigenvalue weighted by Gasteiger charge is -2.24. The summed E-state index contributed by atoms with van der Waals surface area (Å²) in [6, 6.07) is 2.59. The van der Waals surface area contributed by atoms with Gasteiger partial charge in [0.25, 0.3) is 0 Å². The zero-order chi connectivity index (χ0) is 12.8. The molecule has 18 heavy (non-hydrogen) atoms. The Morgan fingerprint density at radius 2 is 2.17 bits per heavy atom. The van der Waals surface area contributed by atoms with E-state index in [0.29, 0.717) is 6.04 Å². The highest BCUT2D eigenvalue weighted by molar-refractivity contribution is 5.05. The molecular weight excluding hydrogens is 222 g/mol. The van der Waals surface area contributed by atoms with Gasteiger partial charge in [-0.2, -0.15) is 5.10 Å². The molecule has 1 N–H and O–H groups in total. The van der Waals surface area contributed by atoms with Gasteiger partial charge < -0.3 is 5.32 Å². The van der Waals surface area contributed by atoms with Crippen LogP contribution < -0.4 is 5.32 Å². The van der Waals surface area contributed by atoms with Gasteiger partial charge in [-0.25, -0.2) is 0 Å². The normalized spacial score (nSPS) is 19.0. The van der Waals surface area contributed by atoms with E-state index in [1.54, 1.807) is 0 Å². The maximum absolute atomic E-state index is 4.55. The van der Waals surface area contributed by atoms with Crippen molar-refractivity contribution in [3.8, 4) is 0 Å². The molecular formula is C15H27N3. The fourth-order valence-electron chi connectivity index (χ4n) is 3.10. The van der Waals surface area contributed by atoms with E-state index in [1.807, 2.05) is 17.9 Å². The summed E-state index contributed by atoms with van der Waals surface area (Å²) in [6.45, 7) is 3.20. The molecule has 1 fully saturated rings. The van der Waals surface area contributed by atoms with Crippen LogP contribution in [0, 0.1) is 5.92 Å². The molecule has 1 heterocycles. The van der Waals surface area contributed by atoms with E-state index in [1.165, 1.54) is 50.6 Å². The first kappa shape index (κ1) is 13.6. The van der Waals surface area contributed by atoms with Crippen LogP contribution in [-0.4, -0.2) is 16.3 Å². The minimum atomic E-state index is 0.443. The first-order valence-electron chi connectivity index (χ1n) is 7.52. The SMILES string of the molecule is CCNC(CCC1CCCCC1)c1ccn(C)n1. The van der Waals surface area contributed by atoms with Crippen LogP contribution in [0.3, 0.4) is 0 Å². The minimum absolute atomic E-state index is 0.443. The average molecular weight is 249 g/mol. The molecule has 0 radical (unpaired) electrons. The predicted octanol–water partition coefficient (Wildman–Crippen LogP) is 3.43. The number of nitrogens with zero attached hydrogens (tertiary/aromatic N) is 2. The number of hydrogen-bond donors (Lipinski definition) is 1. The van der Waals surface area contributed by atoms with Crippen molar-refractivity contribution in [2.45, 2.75) is 57.9 Å². The second-order valence-electron chi connectivity index (χ2n) is 5.61. The molecule has 0 amide bonds. The van der Waals surface area contributed by atoms with Crippen LogP contribution in [0.4, 0.5) is 0 Å². The third-order valence-corrected chi connectivity index (χ3v) is 4.13. The molecule has 102 valence electrons. The minimum Gasteiger partial charge on any atom is -0.309 e. The third kappa shape index (κ3) is 3.84. The fourth-order valence-corrected chi connectivity index (χ4v) is 3.10. The van der Waals surface area contributed by atoms with Crippen LogP contribution in [0.1, 0.15) is 63.6 Å². The van der Waals surface area contributed by atoms with E-state index >= 15 is 0 Å². The van der Waals surface area contributed by atoms with E-state index in [0.717, 1.165) is 12.5 Å². The molecule has 0 bridgehead atoms. The van der Waals surface area contributed by atoms with Gasteiger partial charge in [-0.15, -0.1) is 0 Å². The molecule has 1 saturated carbocycles. The molecule has 2 rings (SSSR count). The van der Waals surface area contributed by atoms with E-state index in [2.05, 4.69) is 23.4 Å². The molecule has 3 heteroatoms. The van der Waals surface area contributed by atoms with Crippen molar-refractivity contribution in [1.82, 2.24) is 15.1 Å². The first-order valence-corrected chi connectivity index (χ1v) is 7.52. The highest BCUT2D eigenvalue weighted by atomic mass is 15.3. The van der Waals surface area contributed by atoms with Crippen LogP contribution in [0.15, 0.2) is 12.3 Å². The zero-order valence-electron chi connectivity index (χ0n) is 11.9. The van der Waals surface area contributed by atoms with Gasteiger partial charge in [0.15, 0.2) is 0 Å². The third-order valence-electron chi connectivity index (χ3n) is 4.13. The van der Waals surface area contributed by atoms with Crippen molar-refractivity contribution >= 4 is 0 Å². The van der Waals surface area contributed by atoms with E-state index in [9.17, 15) is 0 Å². The average Bonchev–Trinajstić information content (AvgIpc) is 2.82.